The fourth-order valence-electron chi connectivity index (χ4n) is 2.81. The number of carbonyl (C=O) groups is 1. The number of amides is 1. The Morgan fingerprint density at radius 2 is 1.70 bits per heavy atom. The van der Waals surface area contributed by atoms with Crippen LogP contribution < -0.4 is 15.4 Å². The topological polar surface area (TPSA) is 50.4 Å². The van der Waals surface area contributed by atoms with E-state index in [0.717, 1.165) is 17.7 Å². The second-order valence-electron chi connectivity index (χ2n) is 6.07. The third-order valence-corrected chi connectivity index (χ3v) is 4.36. The molecule has 4 nitrogen and oxygen atoms in total. The average molecular weight is 381 g/mol. The van der Waals surface area contributed by atoms with Crippen LogP contribution in [0.1, 0.15) is 11.1 Å². The van der Waals surface area contributed by atoms with E-state index in [9.17, 15) is 4.79 Å². The zero-order chi connectivity index (χ0) is 19.1. The summed E-state index contributed by atoms with van der Waals surface area (Å²) in [5.41, 5.74) is 3.85. The van der Waals surface area contributed by atoms with Crippen molar-refractivity contribution in [3.63, 3.8) is 0 Å². The molecule has 5 heteroatoms. The summed E-state index contributed by atoms with van der Waals surface area (Å²) >= 11 is 6.01. The first kappa shape index (κ1) is 18.8. The van der Waals surface area contributed by atoms with Crippen molar-refractivity contribution in [3.8, 4) is 5.75 Å². The number of carbonyl (C=O) groups excluding carboxylic acids is 1. The van der Waals surface area contributed by atoms with Gasteiger partial charge in [0.05, 0.1) is 19.3 Å². The lowest BCUT2D eigenvalue weighted by Gasteiger charge is -2.14. The van der Waals surface area contributed by atoms with Crippen molar-refractivity contribution in [3.05, 3.63) is 88.9 Å². The summed E-state index contributed by atoms with van der Waals surface area (Å²) in [6, 6.07) is 23.3. The highest BCUT2D eigenvalue weighted by Gasteiger charge is 2.09. The van der Waals surface area contributed by atoms with E-state index in [0.29, 0.717) is 16.5 Å². The lowest BCUT2D eigenvalue weighted by atomic mass is 10.0. The first-order valence-electron chi connectivity index (χ1n) is 8.65. The molecule has 0 saturated heterocycles. The Bertz CT molecular complexity index is 913. The van der Waals surface area contributed by atoms with Gasteiger partial charge in [0.15, 0.2) is 0 Å². The number of benzene rings is 3. The number of anilines is 2. The number of ether oxygens (including phenoxy) is 1. The van der Waals surface area contributed by atoms with Crippen molar-refractivity contribution in [2.24, 2.45) is 0 Å². The van der Waals surface area contributed by atoms with E-state index in [1.807, 2.05) is 36.4 Å². The second kappa shape index (κ2) is 9.10. The quantitative estimate of drug-likeness (QED) is 0.607. The van der Waals surface area contributed by atoms with Gasteiger partial charge in [0, 0.05) is 10.7 Å². The van der Waals surface area contributed by atoms with Crippen molar-refractivity contribution < 1.29 is 9.53 Å². The zero-order valence-electron chi connectivity index (χ0n) is 15.0. The van der Waals surface area contributed by atoms with Crippen LogP contribution >= 0.6 is 11.6 Å². The van der Waals surface area contributed by atoms with Gasteiger partial charge in [-0.3, -0.25) is 4.79 Å². The van der Waals surface area contributed by atoms with E-state index < -0.39 is 0 Å². The average Bonchev–Trinajstić information content (AvgIpc) is 2.68. The number of rotatable bonds is 7. The van der Waals surface area contributed by atoms with Gasteiger partial charge in [-0.05, 0) is 41.8 Å². The molecule has 3 rings (SSSR count). The van der Waals surface area contributed by atoms with Crippen LogP contribution in [-0.2, 0) is 11.2 Å². The molecular formula is C22H21ClN2O2. The number of nitrogens with one attached hydrogen (secondary N) is 2. The van der Waals surface area contributed by atoms with E-state index in [4.69, 9.17) is 16.3 Å². The SMILES string of the molecule is COc1ccc(Cl)cc1NC(=O)CNc1ccccc1Cc1ccccc1. The molecule has 0 heterocycles. The van der Waals surface area contributed by atoms with Crippen LogP contribution in [0, 0.1) is 0 Å². The van der Waals surface area contributed by atoms with E-state index >= 15 is 0 Å². The molecule has 2 N–H and O–H groups in total. The Kier molecular flexibility index (Phi) is 6.34. The number of methoxy groups -OCH3 is 1. The summed E-state index contributed by atoms with van der Waals surface area (Å²) in [5, 5.41) is 6.59. The lowest BCUT2D eigenvalue weighted by molar-refractivity contribution is -0.114. The highest BCUT2D eigenvalue weighted by molar-refractivity contribution is 6.31. The fraction of sp³-hybridized carbons (Fsp3) is 0.136. The molecule has 0 saturated carbocycles. The summed E-state index contributed by atoms with van der Waals surface area (Å²) in [5.74, 6) is 0.391. The molecule has 0 aromatic heterocycles. The number of halogens is 1. The van der Waals surface area contributed by atoms with Gasteiger partial charge in [0.2, 0.25) is 5.91 Å². The van der Waals surface area contributed by atoms with Gasteiger partial charge in [0.25, 0.3) is 0 Å². The van der Waals surface area contributed by atoms with E-state index in [2.05, 4.69) is 28.8 Å². The van der Waals surface area contributed by atoms with Crippen molar-refractivity contribution in [1.29, 1.82) is 0 Å². The summed E-state index contributed by atoms with van der Waals surface area (Å²) < 4.78 is 5.26. The second-order valence-corrected chi connectivity index (χ2v) is 6.50. The van der Waals surface area contributed by atoms with Gasteiger partial charge in [-0.2, -0.15) is 0 Å². The lowest BCUT2D eigenvalue weighted by Crippen LogP contribution is -2.22. The zero-order valence-corrected chi connectivity index (χ0v) is 15.8. The molecule has 0 aliphatic rings. The number of para-hydroxylation sites is 1. The van der Waals surface area contributed by atoms with Crippen molar-refractivity contribution in [1.82, 2.24) is 0 Å². The Labute approximate surface area is 164 Å². The third kappa shape index (κ3) is 5.25. The minimum absolute atomic E-state index is 0.140. The molecule has 0 bridgehead atoms. The highest BCUT2D eigenvalue weighted by atomic mass is 35.5. The van der Waals surface area contributed by atoms with Gasteiger partial charge in [-0.1, -0.05) is 60.1 Å². The van der Waals surface area contributed by atoms with Crippen LogP contribution in [0.3, 0.4) is 0 Å². The summed E-state index contributed by atoms with van der Waals surface area (Å²) in [7, 11) is 1.55. The highest BCUT2D eigenvalue weighted by Crippen LogP contribution is 2.27. The summed E-state index contributed by atoms with van der Waals surface area (Å²) in [6.45, 7) is 0.140. The molecule has 0 radical (unpaired) electrons. The third-order valence-electron chi connectivity index (χ3n) is 4.13. The minimum atomic E-state index is -0.176. The molecule has 138 valence electrons. The smallest absolute Gasteiger partial charge is 0.243 e. The Hall–Kier alpha value is -2.98. The molecule has 0 atom stereocenters. The predicted molar refractivity (Wildman–Crippen MR) is 111 cm³/mol. The van der Waals surface area contributed by atoms with Crippen molar-refractivity contribution in [2.75, 3.05) is 24.3 Å². The van der Waals surface area contributed by atoms with Crippen LogP contribution in [-0.4, -0.2) is 19.6 Å². The van der Waals surface area contributed by atoms with Gasteiger partial charge in [-0.15, -0.1) is 0 Å². The van der Waals surface area contributed by atoms with Gasteiger partial charge < -0.3 is 15.4 Å². The van der Waals surface area contributed by atoms with Crippen LogP contribution in [0.4, 0.5) is 11.4 Å². The maximum absolute atomic E-state index is 12.4. The molecule has 0 spiro atoms. The fourth-order valence-corrected chi connectivity index (χ4v) is 2.98. The number of hydrogen-bond acceptors (Lipinski definition) is 3. The van der Waals surface area contributed by atoms with E-state index in [1.54, 1.807) is 25.3 Å². The largest absolute Gasteiger partial charge is 0.495 e. The molecule has 0 fully saturated rings. The van der Waals surface area contributed by atoms with Crippen LogP contribution in [0.5, 0.6) is 5.75 Å². The van der Waals surface area contributed by atoms with Crippen molar-refractivity contribution >= 4 is 28.9 Å². The van der Waals surface area contributed by atoms with E-state index in [1.165, 1.54) is 5.56 Å². The molecule has 0 unspecified atom stereocenters. The molecule has 27 heavy (non-hydrogen) atoms. The van der Waals surface area contributed by atoms with Gasteiger partial charge >= 0.3 is 0 Å². The van der Waals surface area contributed by atoms with Gasteiger partial charge in [-0.25, -0.2) is 0 Å². The Morgan fingerprint density at radius 3 is 2.48 bits per heavy atom. The Morgan fingerprint density at radius 1 is 0.963 bits per heavy atom. The normalized spacial score (nSPS) is 10.3. The van der Waals surface area contributed by atoms with Crippen molar-refractivity contribution in [2.45, 2.75) is 6.42 Å². The molecular weight excluding hydrogens is 360 g/mol. The monoisotopic (exact) mass is 380 g/mol. The predicted octanol–water partition coefficient (Wildman–Crippen LogP) is 4.99. The Balaban J connectivity index is 1.65. The maximum Gasteiger partial charge on any atom is 0.243 e. The van der Waals surface area contributed by atoms with Crippen LogP contribution in [0.25, 0.3) is 0 Å². The number of hydrogen-bond donors (Lipinski definition) is 2. The van der Waals surface area contributed by atoms with Crippen LogP contribution in [0.15, 0.2) is 72.8 Å². The molecule has 3 aromatic rings. The van der Waals surface area contributed by atoms with E-state index in [-0.39, 0.29) is 12.5 Å². The molecule has 0 aliphatic carbocycles. The summed E-state index contributed by atoms with van der Waals surface area (Å²) in [4.78, 5) is 12.4. The maximum atomic E-state index is 12.4. The minimum Gasteiger partial charge on any atom is -0.495 e. The molecule has 0 aliphatic heterocycles. The first-order valence-corrected chi connectivity index (χ1v) is 9.02. The summed E-state index contributed by atoms with van der Waals surface area (Å²) in [6.07, 6.45) is 0.799. The molecule has 3 aromatic carbocycles. The molecule has 1 amide bonds. The first-order chi connectivity index (χ1) is 13.2. The van der Waals surface area contributed by atoms with Crippen LogP contribution in [0.2, 0.25) is 5.02 Å². The van der Waals surface area contributed by atoms with Gasteiger partial charge in [0.1, 0.15) is 5.75 Å². The standard InChI is InChI=1S/C22H21ClN2O2/c1-27-21-12-11-18(23)14-20(21)25-22(26)15-24-19-10-6-5-9-17(19)13-16-7-3-2-4-8-16/h2-12,14,24H,13,15H2,1H3,(H,25,26).